The number of nitrogens with one attached hydrogen (secondary N) is 2. The van der Waals surface area contributed by atoms with Crippen LogP contribution < -0.4 is 14.8 Å². The Morgan fingerprint density at radius 1 is 1.24 bits per heavy atom. The zero-order chi connectivity index (χ0) is 20.8. The number of sulfonamides is 1. The van der Waals surface area contributed by atoms with Crippen molar-refractivity contribution in [3.05, 3.63) is 53.2 Å². The predicted octanol–water partition coefficient (Wildman–Crippen LogP) is 3.78. The summed E-state index contributed by atoms with van der Waals surface area (Å²) in [6, 6.07) is 8.80. The number of ether oxygens (including phenoxy) is 1. The normalized spacial score (nSPS) is 16.0. The molecular formula is C19H16FN3O4S2. The Bertz CT molecular complexity index is 1220. The maximum Gasteiger partial charge on any atom is 0.265 e. The van der Waals surface area contributed by atoms with Gasteiger partial charge in [-0.25, -0.2) is 17.8 Å². The van der Waals surface area contributed by atoms with E-state index >= 15 is 0 Å². The first kappa shape index (κ1) is 19.3. The zero-order valence-corrected chi connectivity index (χ0v) is 17.0. The maximum absolute atomic E-state index is 13.4. The molecule has 0 bridgehead atoms. The van der Waals surface area contributed by atoms with Crippen LogP contribution in [0.2, 0.25) is 0 Å². The van der Waals surface area contributed by atoms with E-state index in [4.69, 9.17) is 4.74 Å². The van der Waals surface area contributed by atoms with E-state index < -0.39 is 21.9 Å². The highest BCUT2D eigenvalue weighted by Crippen LogP contribution is 2.35. The van der Waals surface area contributed by atoms with Gasteiger partial charge >= 0.3 is 0 Å². The van der Waals surface area contributed by atoms with Crippen molar-refractivity contribution in [2.45, 2.75) is 24.8 Å². The summed E-state index contributed by atoms with van der Waals surface area (Å²) in [5.41, 5.74) is 2.00. The second-order valence-corrected chi connectivity index (χ2v) is 9.06. The Morgan fingerprint density at radius 3 is 2.79 bits per heavy atom. The quantitative estimate of drug-likeness (QED) is 0.653. The number of benzene rings is 2. The molecule has 10 heteroatoms. The van der Waals surface area contributed by atoms with Gasteiger partial charge in [-0.2, -0.15) is 0 Å². The number of amides is 1. The number of hydrogen-bond acceptors (Lipinski definition) is 6. The second-order valence-electron chi connectivity index (χ2n) is 6.51. The summed E-state index contributed by atoms with van der Waals surface area (Å²) in [5.74, 6) is -0.155. The number of hydrogen-bond donors (Lipinski definition) is 2. The number of carbonyl (C=O) groups is 1. The molecule has 0 fully saturated rings. The number of thiazole rings is 1. The number of fused-ring (bicyclic) bond motifs is 1. The van der Waals surface area contributed by atoms with E-state index in [1.807, 2.05) is 0 Å². The van der Waals surface area contributed by atoms with Crippen LogP contribution >= 0.6 is 11.3 Å². The van der Waals surface area contributed by atoms with Crippen molar-refractivity contribution in [3.63, 3.8) is 0 Å². The van der Waals surface area contributed by atoms with Gasteiger partial charge in [-0.05, 0) is 55.8 Å². The van der Waals surface area contributed by atoms with Gasteiger partial charge in [-0.3, -0.25) is 9.52 Å². The Labute approximate surface area is 170 Å². The van der Waals surface area contributed by atoms with E-state index in [2.05, 4.69) is 15.0 Å². The molecule has 0 aliphatic carbocycles. The molecule has 2 aromatic carbocycles. The van der Waals surface area contributed by atoms with E-state index in [0.29, 0.717) is 22.7 Å². The lowest BCUT2D eigenvalue weighted by atomic mass is 10.1. The van der Waals surface area contributed by atoms with Gasteiger partial charge in [0.1, 0.15) is 11.6 Å². The molecule has 0 spiro atoms. The summed E-state index contributed by atoms with van der Waals surface area (Å²) in [7, 11) is -3.89. The molecule has 2 heterocycles. The summed E-state index contributed by atoms with van der Waals surface area (Å²) in [6.45, 7) is 3.16. The monoisotopic (exact) mass is 433 g/mol. The van der Waals surface area contributed by atoms with Crippen LogP contribution in [0.4, 0.5) is 15.2 Å². The molecule has 7 nitrogen and oxygen atoms in total. The van der Waals surface area contributed by atoms with Crippen LogP contribution in [0.25, 0.3) is 11.3 Å². The molecular weight excluding hydrogens is 417 g/mol. The van der Waals surface area contributed by atoms with E-state index in [0.717, 1.165) is 17.4 Å². The highest BCUT2D eigenvalue weighted by molar-refractivity contribution is 7.93. The molecule has 3 aromatic rings. The molecule has 0 radical (unpaired) electrons. The third-order valence-electron chi connectivity index (χ3n) is 4.37. The predicted molar refractivity (Wildman–Crippen MR) is 108 cm³/mol. The minimum atomic E-state index is -3.89. The Morgan fingerprint density at radius 2 is 2.03 bits per heavy atom. The van der Waals surface area contributed by atoms with Crippen molar-refractivity contribution in [2.24, 2.45) is 0 Å². The topological polar surface area (TPSA) is 97.4 Å². The third kappa shape index (κ3) is 3.81. The van der Waals surface area contributed by atoms with Crippen LogP contribution in [0.1, 0.15) is 12.5 Å². The Balaban J connectivity index is 1.58. The largest absolute Gasteiger partial charge is 0.479 e. The number of carbonyl (C=O) groups excluding carboxylic acids is 1. The van der Waals surface area contributed by atoms with Crippen molar-refractivity contribution >= 4 is 38.1 Å². The molecule has 1 aliphatic heterocycles. The summed E-state index contributed by atoms with van der Waals surface area (Å²) in [6.07, 6.45) is -0.566. The lowest BCUT2D eigenvalue weighted by Gasteiger charge is -2.23. The summed E-state index contributed by atoms with van der Waals surface area (Å²) in [5, 5.41) is 4.64. The SMILES string of the molecule is Cc1cc(S(=O)(=O)Nc2nc(-c3ccc4c(c3)NC(=O)C(C)O4)cs2)ccc1F. The first-order chi connectivity index (χ1) is 13.7. The molecule has 1 unspecified atom stereocenters. The van der Waals surface area contributed by atoms with E-state index in [1.165, 1.54) is 19.1 Å². The molecule has 2 N–H and O–H groups in total. The van der Waals surface area contributed by atoms with Gasteiger partial charge in [0.05, 0.1) is 16.3 Å². The highest BCUT2D eigenvalue weighted by atomic mass is 32.2. The van der Waals surface area contributed by atoms with Gasteiger partial charge in [0.25, 0.3) is 15.9 Å². The van der Waals surface area contributed by atoms with E-state index in [1.54, 1.807) is 30.5 Å². The number of halogens is 1. The molecule has 1 aromatic heterocycles. The number of anilines is 2. The minimum absolute atomic E-state index is 0.0455. The first-order valence-electron chi connectivity index (χ1n) is 8.59. The van der Waals surface area contributed by atoms with Gasteiger partial charge in [0.15, 0.2) is 11.2 Å². The van der Waals surface area contributed by atoms with Crippen molar-refractivity contribution in [2.75, 3.05) is 10.0 Å². The smallest absolute Gasteiger partial charge is 0.265 e. The van der Waals surface area contributed by atoms with Gasteiger partial charge in [-0.15, -0.1) is 11.3 Å². The highest BCUT2D eigenvalue weighted by Gasteiger charge is 2.24. The standard InChI is InChI=1S/C19H16FN3O4S2/c1-10-7-13(4-5-14(10)20)29(25,26)23-19-22-16(9-28-19)12-3-6-17-15(8-12)21-18(24)11(2)27-17/h3-9,11H,1-2H3,(H,21,24)(H,22,23). The number of aromatic nitrogens is 1. The van der Waals surface area contributed by atoms with Crippen molar-refractivity contribution in [1.29, 1.82) is 0 Å². The fourth-order valence-electron chi connectivity index (χ4n) is 2.78. The number of rotatable bonds is 4. The summed E-state index contributed by atoms with van der Waals surface area (Å²) < 4.78 is 46.4. The van der Waals surface area contributed by atoms with Crippen LogP contribution in [0.5, 0.6) is 5.75 Å². The molecule has 1 atom stereocenters. The lowest BCUT2D eigenvalue weighted by molar-refractivity contribution is -0.122. The molecule has 0 saturated heterocycles. The number of nitrogens with zero attached hydrogens (tertiary/aromatic N) is 1. The van der Waals surface area contributed by atoms with Gasteiger partial charge < -0.3 is 10.1 Å². The summed E-state index contributed by atoms with van der Waals surface area (Å²) >= 11 is 1.12. The molecule has 1 aliphatic rings. The van der Waals surface area contributed by atoms with Crippen LogP contribution in [0.15, 0.2) is 46.7 Å². The maximum atomic E-state index is 13.4. The first-order valence-corrected chi connectivity index (χ1v) is 11.0. The number of aryl methyl sites for hydroxylation is 1. The summed E-state index contributed by atoms with van der Waals surface area (Å²) in [4.78, 5) is 16.1. The minimum Gasteiger partial charge on any atom is -0.479 e. The van der Waals surface area contributed by atoms with Crippen molar-refractivity contribution in [1.82, 2.24) is 4.98 Å². The van der Waals surface area contributed by atoms with E-state index in [-0.39, 0.29) is 21.5 Å². The van der Waals surface area contributed by atoms with Gasteiger partial charge in [0.2, 0.25) is 0 Å². The van der Waals surface area contributed by atoms with E-state index in [9.17, 15) is 17.6 Å². The molecule has 29 heavy (non-hydrogen) atoms. The average molecular weight is 433 g/mol. The molecule has 4 rings (SSSR count). The van der Waals surface area contributed by atoms with Gasteiger partial charge in [-0.1, -0.05) is 0 Å². The van der Waals surface area contributed by atoms with Crippen LogP contribution in [-0.2, 0) is 14.8 Å². The lowest BCUT2D eigenvalue weighted by Crippen LogP contribution is -2.34. The van der Waals surface area contributed by atoms with Crippen LogP contribution in [0.3, 0.4) is 0 Å². The molecule has 0 saturated carbocycles. The van der Waals surface area contributed by atoms with Crippen molar-refractivity contribution < 1.29 is 22.3 Å². The van der Waals surface area contributed by atoms with Crippen molar-refractivity contribution in [3.8, 4) is 17.0 Å². The Kier molecular flexibility index (Phi) is 4.75. The second kappa shape index (κ2) is 7.12. The zero-order valence-electron chi connectivity index (χ0n) is 15.4. The molecule has 150 valence electrons. The average Bonchev–Trinajstić information content (AvgIpc) is 3.12. The Hall–Kier alpha value is -2.98. The van der Waals surface area contributed by atoms with Crippen LogP contribution in [-0.4, -0.2) is 25.4 Å². The fourth-order valence-corrected chi connectivity index (χ4v) is 4.84. The molecule has 1 amide bonds. The van der Waals surface area contributed by atoms with Crippen LogP contribution in [0, 0.1) is 12.7 Å². The van der Waals surface area contributed by atoms with Gasteiger partial charge in [0, 0.05) is 10.9 Å². The fraction of sp³-hybridized carbons (Fsp3) is 0.158. The third-order valence-corrected chi connectivity index (χ3v) is 6.60.